The van der Waals surface area contributed by atoms with Gasteiger partial charge in [0.2, 0.25) is 0 Å². The van der Waals surface area contributed by atoms with Crippen LogP contribution in [-0.4, -0.2) is 39.7 Å². The molecule has 0 radical (unpaired) electrons. The Bertz CT molecular complexity index is 652. The number of rotatable bonds is 2. The Hall–Kier alpha value is -1.55. The molecule has 2 N–H and O–H groups in total. The number of carbonyl (C=O) groups excluding carboxylic acids is 1. The highest BCUT2D eigenvalue weighted by molar-refractivity contribution is 5.95. The van der Waals surface area contributed by atoms with Crippen molar-refractivity contribution in [1.82, 2.24) is 4.90 Å². The number of hydrogen-bond donors (Lipinski definition) is 2. The minimum atomic E-state index is -0.781. The molecule has 146 valence electrons. The highest BCUT2D eigenvalue weighted by atomic mass is 16.3. The fourth-order valence-corrected chi connectivity index (χ4v) is 3.61. The molecule has 1 aliphatic rings. The van der Waals surface area contributed by atoms with Gasteiger partial charge in [-0.1, -0.05) is 41.5 Å². The Morgan fingerprint density at radius 1 is 1.00 bits per heavy atom. The molecule has 0 aliphatic carbocycles. The number of carbonyl (C=O) groups is 1. The van der Waals surface area contributed by atoms with E-state index in [4.69, 9.17) is 0 Å². The van der Waals surface area contributed by atoms with Crippen molar-refractivity contribution < 1.29 is 15.0 Å². The van der Waals surface area contributed by atoms with Gasteiger partial charge in [-0.05, 0) is 43.2 Å². The molecule has 4 nitrogen and oxygen atoms in total. The van der Waals surface area contributed by atoms with Crippen molar-refractivity contribution in [1.29, 1.82) is 0 Å². The maximum absolute atomic E-state index is 13.2. The maximum Gasteiger partial charge on any atom is 0.253 e. The van der Waals surface area contributed by atoms with Gasteiger partial charge in [-0.2, -0.15) is 0 Å². The van der Waals surface area contributed by atoms with Gasteiger partial charge in [0, 0.05) is 35.7 Å². The smallest absolute Gasteiger partial charge is 0.253 e. The van der Waals surface area contributed by atoms with Crippen LogP contribution in [0.25, 0.3) is 0 Å². The molecule has 1 aromatic rings. The van der Waals surface area contributed by atoms with Gasteiger partial charge < -0.3 is 15.1 Å². The largest absolute Gasteiger partial charge is 0.507 e. The Morgan fingerprint density at radius 2 is 1.46 bits per heavy atom. The first-order chi connectivity index (χ1) is 11.6. The third kappa shape index (κ3) is 4.22. The fourth-order valence-electron chi connectivity index (χ4n) is 3.61. The maximum atomic E-state index is 13.2. The van der Waals surface area contributed by atoms with Crippen LogP contribution in [0, 0.1) is 5.92 Å². The van der Waals surface area contributed by atoms with Crippen molar-refractivity contribution in [3.8, 4) is 5.75 Å². The molecule has 0 aromatic heterocycles. The molecule has 1 aliphatic heterocycles. The predicted octanol–water partition coefficient (Wildman–Crippen LogP) is 4.22. The van der Waals surface area contributed by atoms with Crippen LogP contribution in [0.5, 0.6) is 5.75 Å². The second-order valence-corrected chi connectivity index (χ2v) is 10.3. The van der Waals surface area contributed by atoms with Crippen LogP contribution in [-0.2, 0) is 10.8 Å². The van der Waals surface area contributed by atoms with E-state index in [0.29, 0.717) is 18.7 Å². The van der Waals surface area contributed by atoms with Gasteiger partial charge in [-0.3, -0.25) is 4.79 Å². The van der Waals surface area contributed by atoms with E-state index in [2.05, 4.69) is 0 Å². The first-order valence-corrected chi connectivity index (χ1v) is 9.52. The van der Waals surface area contributed by atoms with Crippen molar-refractivity contribution in [3.05, 3.63) is 28.8 Å². The summed E-state index contributed by atoms with van der Waals surface area (Å²) in [7, 11) is 0. The second-order valence-electron chi connectivity index (χ2n) is 10.3. The Balaban J connectivity index is 2.45. The van der Waals surface area contributed by atoms with Crippen molar-refractivity contribution in [3.63, 3.8) is 0 Å². The van der Waals surface area contributed by atoms with E-state index in [1.807, 2.05) is 72.4 Å². The number of nitrogens with zero attached hydrogens (tertiary/aromatic N) is 1. The number of likely N-dealkylation sites (tertiary alicyclic amines) is 1. The average molecular weight is 362 g/mol. The minimum Gasteiger partial charge on any atom is -0.507 e. The molecule has 1 aromatic carbocycles. The summed E-state index contributed by atoms with van der Waals surface area (Å²) < 4.78 is 0. The zero-order valence-corrected chi connectivity index (χ0v) is 17.6. The van der Waals surface area contributed by atoms with E-state index in [1.54, 1.807) is 0 Å². The van der Waals surface area contributed by atoms with Gasteiger partial charge in [0.05, 0.1) is 5.60 Å². The molecule has 4 heteroatoms. The molecular weight excluding hydrogens is 326 g/mol. The van der Waals surface area contributed by atoms with Crippen LogP contribution in [0.1, 0.15) is 83.3 Å². The lowest BCUT2D eigenvalue weighted by Gasteiger charge is -2.29. The van der Waals surface area contributed by atoms with Gasteiger partial charge in [0.25, 0.3) is 5.91 Å². The number of aromatic hydroxyl groups is 1. The van der Waals surface area contributed by atoms with E-state index in [1.165, 1.54) is 0 Å². The van der Waals surface area contributed by atoms with Crippen LogP contribution < -0.4 is 0 Å². The van der Waals surface area contributed by atoms with E-state index < -0.39 is 5.60 Å². The van der Waals surface area contributed by atoms with Gasteiger partial charge in [0.1, 0.15) is 5.75 Å². The van der Waals surface area contributed by atoms with Crippen LogP contribution in [0.2, 0.25) is 0 Å². The second kappa shape index (κ2) is 6.56. The summed E-state index contributed by atoms with van der Waals surface area (Å²) in [6, 6.07) is 3.68. The Kier molecular flexibility index (Phi) is 5.24. The molecule has 2 rings (SSSR count). The Morgan fingerprint density at radius 3 is 1.81 bits per heavy atom. The number of amides is 1. The zero-order valence-electron chi connectivity index (χ0n) is 17.6. The number of aliphatic hydroxyl groups is 1. The quantitative estimate of drug-likeness (QED) is 0.829. The summed E-state index contributed by atoms with van der Waals surface area (Å²) in [5, 5.41) is 21.1. The Labute approximate surface area is 158 Å². The standard InChI is InChI=1S/C22H35NO3/c1-20(2,3)16-11-14(12-17(18(16)24)21(4,5)6)19(25)23-10-9-15(13-23)22(7,8)26/h11-12,15,24,26H,9-10,13H2,1-8H3/t15-/m0/s1. The molecule has 0 spiro atoms. The van der Waals surface area contributed by atoms with Gasteiger partial charge >= 0.3 is 0 Å². The summed E-state index contributed by atoms with van der Waals surface area (Å²) >= 11 is 0. The lowest BCUT2D eigenvalue weighted by atomic mass is 9.78. The highest BCUT2D eigenvalue weighted by Crippen LogP contribution is 2.40. The molecule has 0 unspecified atom stereocenters. The van der Waals surface area contributed by atoms with Crippen molar-refractivity contribution in [2.45, 2.75) is 78.2 Å². The SMILES string of the molecule is CC(C)(C)c1cc(C(=O)N2CC[C@H](C(C)(C)O)C2)cc(C(C)(C)C)c1O. The van der Waals surface area contributed by atoms with E-state index in [-0.39, 0.29) is 28.4 Å². The molecule has 0 saturated carbocycles. The molecule has 1 heterocycles. The van der Waals surface area contributed by atoms with Crippen LogP contribution in [0.4, 0.5) is 0 Å². The molecule has 1 fully saturated rings. The number of phenols is 1. The molecule has 26 heavy (non-hydrogen) atoms. The van der Waals surface area contributed by atoms with Crippen LogP contribution >= 0.6 is 0 Å². The normalized spacial score (nSPS) is 19.1. The van der Waals surface area contributed by atoms with Crippen molar-refractivity contribution in [2.24, 2.45) is 5.92 Å². The summed E-state index contributed by atoms with van der Waals surface area (Å²) in [6.45, 7) is 17.1. The number of benzene rings is 1. The molecule has 1 atom stereocenters. The van der Waals surface area contributed by atoms with E-state index >= 15 is 0 Å². The lowest BCUT2D eigenvalue weighted by molar-refractivity contribution is 0.0211. The summed E-state index contributed by atoms with van der Waals surface area (Å²) in [5.41, 5.74) is 0.908. The molecule has 0 bridgehead atoms. The van der Waals surface area contributed by atoms with Crippen LogP contribution in [0.15, 0.2) is 12.1 Å². The van der Waals surface area contributed by atoms with E-state index in [9.17, 15) is 15.0 Å². The fraction of sp³-hybridized carbons (Fsp3) is 0.682. The summed E-state index contributed by atoms with van der Waals surface area (Å²) in [5.74, 6) is 0.359. The van der Waals surface area contributed by atoms with E-state index in [0.717, 1.165) is 17.5 Å². The molecule has 1 saturated heterocycles. The zero-order chi connectivity index (χ0) is 20.1. The molecular formula is C22H35NO3. The highest BCUT2D eigenvalue weighted by Gasteiger charge is 2.36. The minimum absolute atomic E-state index is 0.0206. The average Bonchev–Trinajstić information content (AvgIpc) is 2.94. The molecule has 1 amide bonds. The van der Waals surface area contributed by atoms with Gasteiger partial charge in [-0.15, -0.1) is 0 Å². The third-order valence-electron chi connectivity index (χ3n) is 5.45. The third-order valence-corrected chi connectivity index (χ3v) is 5.45. The number of hydrogen-bond acceptors (Lipinski definition) is 3. The van der Waals surface area contributed by atoms with Gasteiger partial charge in [0.15, 0.2) is 0 Å². The first-order valence-electron chi connectivity index (χ1n) is 9.52. The first kappa shape index (κ1) is 20.8. The predicted molar refractivity (Wildman–Crippen MR) is 106 cm³/mol. The monoisotopic (exact) mass is 361 g/mol. The van der Waals surface area contributed by atoms with Gasteiger partial charge in [-0.25, -0.2) is 0 Å². The van der Waals surface area contributed by atoms with Crippen molar-refractivity contribution >= 4 is 5.91 Å². The topological polar surface area (TPSA) is 60.8 Å². The lowest BCUT2D eigenvalue weighted by Crippen LogP contribution is -2.35. The van der Waals surface area contributed by atoms with Crippen LogP contribution in [0.3, 0.4) is 0 Å². The number of phenolic OH excluding ortho intramolecular Hbond substituents is 1. The van der Waals surface area contributed by atoms with Crippen molar-refractivity contribution in [2.75, 3.05) is 13.1 Å². The summed E-state index contributed by atoms with van der Waals surface area (Å²) in [6.07, 6.45) is 0.811. The summed E-state index contributed by atoms with van der Waals surface area (Å²) in [4.78, 5) is 15.0.